The van der Waals surface area contributed by atoms with Gasteiger partial charge in [0.1, 0.15) is 0 Å². The first kappa shape index (κ1) is 28.3. The average molecular weight is 497 g/mol. The van der Waals surface area contributed by atoms with Crippen molar-refractivity contribution in [2.75, 3.05) is 0 Å². The van der Waals surface area contributed by atoms with E-state index in [1.165, 1.54) is 96.3 Å². The number of hydrogen-bond acceptors (Lipinski definition) is 0. The predicted molar refractivity (Wildman–Crippen MR) is 135 cm³/mol. The van der Waals surface area contributed by atoms with Crippen LogP contribution in [0, 0.1) is 0 Å². The molecule has 0 spiro atoms. The molecule has 0 aromatic carbocycles. The van der Waals surface area contributed by atoms with E-state index in [4.69, 9.17) is 0 Å². The quantitative estimate of drug-likeness (QED) is 0.0841. The molecule has 0 amide bonds. The molecule has 0 saturated heterocycles. The number of unbranched alkanes of at least 4 members (excludes halogenated alkanes) is 10. The molecule has 0 unspecified atom stereocenters. The zero-order valence-electron chi connectivity index (χ0n) is 20.3. The molecule has 0 rings (SSSR count). The summed E-state index contributed by atoms with van der Waals surface area (Å²) in [6.45, 7) is 13.5. The van der Waals surface area contributed by atoms with E-state index in [0.29, 0.717) is 0 Å². The van der Waals surface area contributed by atoms with Crippen LogP contribution in [0.3, 0.4) is 0 Å². The van der Waals surface area contributed by atoms with Crippen molar-refractivity contribution in [1.82, 2.24) is 0 Å². The van der Waals surface area contributed by atoms with Crippen molar-refractivity contribution >= 4 is 18.4 Å². The first-order chi connectivity index (χ1) is 13.7. The van der Waals surface area contributed by atoms with Gasteiger partial charge in [-0.05, 0) is 0 Å². The Hall–Kier alpha value is 0.279. The third-order valence-electron chi connectivity index (χ3n) is 6.35. The van der Waals surface area contributed by atoms with Crippen LogP contribution in [0.4, 0.5) is 0 Å². The Morgan fingerprint density at radius 1 is 0.607 bits per heavy atom. The van der Waals surface area contributed by atoms with Gasteiger partial charge in [0.2, 0.25) is 0 Å². The molecule has 0 aliphatic heterocycles. The zero-order chi connectivity index (χ0) is 20.9. The molecular formula is C27H54Sn. The van der Waals surface area contributed by atoms with Gasteiger partial charge >= 0.3 is 184 Å². The maximum absolute atomic E-state index is 4.09. The van der Waals surface area contributed by atoms with E-state index in [1.807, 2.05) is 0 Å². The van der Waals surface area contributed by atoms with Gasteiger partial charge in [-0.15, -0.1) is 0 Å². The van der Waals surface area contributed by atoms with Crippen LogP contribution in [0.1, 0.15) is 130 Å². The Kier molecular flexibility index (Phi) is 20.8. The van der Waals surface area contributed by atoms with Crippen molar-refractivity contribution in [2.45, 2.75) is 144 Å². The van der Waals surface area contributed by atoms with Crippen LogP contribution in [0.25, 0.3) is 0 Å². The fourth-order valence-electron chi connectivity index (χ4n) is 4.52. The molecule has 0 heterocycles. The van der Waals surface area contributed by atoms with Crippen LogP contribution in [-0.2, 0) is 0 Å². The molecule has 1 heteroatoms. The Labute approximate surface area is 183 Å². The van der Waals surface area contributed by atoms with Gasteiger partial charge < -0.3 is 0 Å². The molecule has 0 aliphatic carbocycles. The van der Waals surface area contributed by atoms with Crippen LogP contribution in [-0.4, -0.2) is 18.4 Å². The van der Waals surface area contributed by atoms with Gasteiger partial charge in [-0.1, -0.05) is 0 Å². The van der Waals surface area contributed by atoms with E-state index < -0.39 is 18.4 Å². The third-order valence-corrected chi connectivity index (χ3v) is 20.8. The maximum atomic E-state index is 4.09. The molecule has 28 heavy (non-hydrogen) atoms. The van der Waals surface area contributed by atoms with E-state index in [0.717, 1.165) is 6.42 Å². The fourth-order valence-corrected chi connectivity index (χ4v) is 20.2. The monoisotopic (exact) mass is 498 g/mol. The topological polar surface area (TPSA) is 0 Å². The molecule has 0 atom stereocenters. The van der Waals surface area contributed by atoms with Crippen molar-refractivity contribution in [1.29, 1.82) is 0 Å². The fraction of sp³-hybridized carbons (Fsp3) is 0.852. The van der Waals surface area contributed by atoms with Gasteiger partial charge in [0.25, 0.3) is 0 Å². The van der Waals surface area contributed by atoms with Crippen molar-refractivity contribution in [2.24, 2.45) is 0 Å². The second-order valence-corrected chi connectivity index (χ2v) is 22.1. The van der Waals surface area contributed by atoms with E-state index in [1.54, 1.807) is 18.9 Å². The SMILES string of the molecule is C=CC/C(=[CH]/[Sn]([CH2]CCC)([CH2]CCC)[CH2]CCC)CCCCCCCCCC. The molecule has 0 saturated carbocycles. The van der Waals surface area contributed by atoms with E-state index in [9.17, 15) is 0 Å². The molecule has 0 fully saturated rings. The molecule has 0 aromatic heterocycles. The van der Waals surface area contributed by atoms with Crippen LogP contribution < -0.4 is 0 Å². The first-order valence-electron chi connectivity index (χ1n) is 13.0. The van der Waals surface area contributed by atoms with Gasteiger partial charge in [-0.2, -0.15) is 0 Å². The van der Waals surface area contributed by atoms with Crippen molar-refractivity contribution in [3.63, 3.8) is 0 Å². The molecule has 0 aromatic rings. The Balaban J connectivity index is 4.83. The van der Waals surface area contributed by atoms with E-state index >= 15 is 0 Å². The number of allylic oxidation sites excluding steroid dienone is 2. The molecule has 0 aliphatic rings. The van der Waals surface area contributed by atoms with Gasteiger partial charge in [-0.3, -0.25) is 0 Å². The van der Waals surface area contributed by atoms with Gasteiger partial charge in [-0.25, -0.2) is 0 Å². The van der Waals surface area contributed by atoms with Gasteiger partial charge in [0, 0.05) is 0 Å². The summed E-state index contributed by atoms with van der Waals surface area (Å²) in [5.74, 6) is 0. The number of hydrogen-bond donors (Lipinski definition) is 0. The summed E-state index contributed by atoms with van der Waals surface area (Å²) in [6.07, 6.45) is 24.6. The summed E-state index contributed by atoms with van der Waals surface area (Å²) < 4.78 is 7.77. The zero-order valence-corrected chi connectivity index (χ0v) is 23.2. The molecule has 166 valence electrons. The summed E-state index contributed by atoms with van der Waals surface area (Å²) in [4.78, 5) is 0. The molecular weight excluding hydrogens is 443 g/mol. The van der Waals surface area contributed by atoms with Crippen LogP contribution in [0.15, 0.2) is 22.3 Å². The molecule has 0 nitrogen and oxygen atoms in total. The molecule has 0 radical (unpaired) electrons. The van der Waals surface area contributed by atoms with Gasteiger partial charge in [0.15, 0.2) is 0 Å². The van der Waals surface area contributed by atoms with Gasteiger partial charge in [0.05, 0.1) is 0 Å². The van der Waals surface area contributed by atoms with Crippen molar-refractivity contribution in [3.8, 4) is 0 Å². The second kappa shape index (κ2) is 20.5. The Morgan fingerprint density at radius 3 is 1.46 bits per heavy atom. The Morgan fingerprint density at radius 2 is 1.04 bits per heavy atom. The van der Waals surface area contributed by atoms with Crippen LogP contribution in [0.2, 0.25) is 13.3 Å². The third kappa shape index (κ3) is 15.2. The predicted octanol–water partition coefficient (Wildman–Crippen LogP) is 10.4. The second-order valence-electron chi connectivity index (χ2n) is 9.19. The van der Waals surface area contributed by atoms with Crippen molar-refractivity contribution in [3.05, 3.63) is 22.3 Å². The first-order valence-corrected chi connectivity index (χ1v) is 20.7. The average Bonchev–Trinajstić information content (AvgIpc) is 2.71. The minimum absolute atomic E-state index is 1.15. The standard InChI is InChI=1S/C15H27.3C4H9.Sn/c1-4-6-7-8-9-10-11-12-14-15(3)13-5-2;3*1-3-4-2;/h3,5H,2,4,6-14H2,1H3;3*1,3-4H2,2H3;. The van der Waals surface area contributed by atoms with Crippen LogP contribution >= 0.6 is 0 Å². The normalized spacial score (nSPS) is 12.5. The summed E-state index contributed by atoms with van der Waals surface area (Å²) >= 11 is -2.14. The summed E-state index contributed by atoms with van der Waals surface area (Å²) in [5, 5.41) is 0. The minimum atomic E-state index is -2.14. The summed E-state index contributed by atoms with van der Waals surface area (Å²) in [6, 6.07) is 0. The van der Waals surface area contributed by atoms with Crippen molar-refractivity contribution < 1.29 is 0 Å². The molecule has 0 N–H and O–H groups in total. The van der Waals surface area contributed by atoms with E-state index in [2.05, 4.69) is 44.4 Å². The summed E-state index contributed by atoms with van der Waals surface area (Å²) in [5.41, 5.74) is 1.78. The van der Waals surface area contributed by atoms with Crippen LogP contribution in [0.5, 0.6) is 0 Å². The van der Waals surface area contributed by atoms with E-state index in [-0.39, 0.29) is 0 Å². The Bertz CT molecular complexity index is 347. The summed E-state index contributed by atoms with van der Waals surface area (Å²) in [7, 11) is 0. The number of rotatable bonds is 21. The molecule has 0 bridgehead atoms.